The summed E-state index contributed by atoms with van der Waals surface area (Å²) in [4.78, 5) is 16.2. The minimum absolute atomic E-state index is 0.0943. The molecular weight excluding hydrogens is 441 g/mol. The fourth-order valence-corrected chi connectivity index (χ4v) is 3.56. The maximum absolute atomic E-state index is 14.5. The van der Waals surface area contributed by atoms with Crippen LogP contribution in [-0.2, 0) is 11.3 Å². The molecule has 0 aliphatic rings. The number of aromatic nitrogens is 4. The van der Waals surface area contributed by atoms with Crippen molar-refractivity contribution in [3.8, 4) is 17.1 Å². The predicted octanol–water partition coefficient (Wildman–Crippen LogP) is 4.43. The molecule has 0 saturated heterocycles. The first-order valence-electron chi connectivity index (χ1n) is 9.27. The second-order valence-electron chi connectivity index (χ2n) is 6.58. The van der Waals surface area contributed by atoms with Crippen molar-refractivity contribution in [2.24, 2.45) is 0 Å². The number of hydrogen-bond donors (Lipinski definition) is 1. The zero-order valence-corrected chi connectivity index (χ0v) is 18.0. The quantitative estimate of drug-likeness (QED) is 0.413. The summed E-state index contributed by atoms with van der Waals surface area (Å²) < 4.78 is 21.7. The van der Waals surface area contributed by atoms with Gasteiger partial charge >= 0.3 is 0 Å². The lowest BCUT2D eigenvalue weighted by atomic mass is 10.2. The number of carbonyl (C=O) groups is 1. The topological polar surface area (TPSA) is 85.8 Å². The third-order valence-corrected chi connectivity index (χ3v) is 5.48. The zero-order chi connectivity index (χ0) is 21.8. The number of aryl methyl sites for hydroxylation is 1. The van der Waals surface area contributed by atoms with Gasteiger partial charge in [-0.1, -0.05) is 29.4 Å². The average molecular weight is 458 g/mol. The summed E-state index contributed by atoms with van der Waals surface area (Å²) in [6, 6.07) is 11.8. The second kappa shape index (κ2) is 9.32. The SMILES string of the molecule is Cc1nccn1-c1ccc(CNC(=O)CSc2nnc(-c3ccc(Cl)cc3)o2)cc1F. The van der Waals surface area contributed by atoms with Gasteiger partial charge in [-0.05, 0) is 48.9 Å². The van der Waals surface area contributed by atoms with Gasteiger partial charge in [0, 0.05) is 29.5 Å². The largest absolute Gasteiger partial charge is 0.411 e. The maximum Gasteiger partial charge on any atom is 0.277 e. The Bertz CT molecular complexity index is 1210. The van der Waals surface area contributed by atoms with Gasteiger partial charge in [-0.15, -0.1) is 10.2 Å². The van der Waals surface area contributed by atoms with Gasteiger partial charge in [-0.25, -0.2) is 9.37 Å². The van der Waals surface area contributed by atoms with E-state index >= 15 is 0 Å². The molecule has 10 heteroatoms. The van der Waals surface area contributed by atoms with Crippen molar-refractivity contribution >= 4 is 29.3 Å². The number of imidazole rings is 1. The highest BCUT2D eigenvalue weighted by atomic mass is 35.5. The molecule has 1 N–H and O–H groups in total. The lowest BCUT2D eigenvalue weighted by molar-refractivity contribution is -0.118. The van der Waals surface area contributed by atoms with E-state index in [0.717, 1.165) is 17.3 Å². The first kappa shape index (κ1) is 21.1. The highest BCUT2D eigenvalue weighted by molar-refractivity contribution is 7.99. The minimum atomic E-state index is -0.386. The summed E-state index contributed by atoms with van der Waals surface area (Å²) in [5.74, 6) is 0.520. The highest BCUT2D eigenvalue weighted by Crippen LogP contribution is 2.24. The summed E-state index contributed by atoms with van der Waals surface area (Å²) >= 11 is 6.99. The number of thioether (sulfide) groups is 1. The number of rotatable bonds is 7. The van der Waals surface area contributed by atoms with Crippen LogP contribution in [-0.4, -0.2) is 31.4 Å². The Labute approximate surface area is 186 Å². The van der Waals surface area contributed by atoms with Crippen LogP contribution in [0.1, 0.15) is 11.4 Å². The van der Waals surface area contributed by atoms with E-state index in [9.17, 15) is 9.18 Å². The molecule has 2 aromatic heterocycles. The number of benzene rings is 2. The Morgan fingerprint density at radius 2 is 2.03 bits per heavy atom. The fourth-order valence-electron chi connectivity index (χ4n) is 2.84. The van der Waals surface area contributed by atoms with Gasteiger partial charge in [-0.3, -0.25) is 4.79 Å². The van der Waals surface area contributed by atoms with E-state index in [1.165, 1.54) is 6.07 Å². The normalized spacial score (nSPS) is 10.9. The van der Waals surface area contributed by atoms with Crippen LogP contribution in [0, 0.1) is 12.7 Å². The second-order valence-corrected chi connectivity index (χ2v) is 7.94. The van der Waals surface area contributed by atoms with Crippen LogP contribution in [0.15, 0.2) is 64.5 Å². The van der Waals surface area contributed by atoms with Gasteiger partial charge < -0.3 is 14.3 Å². The van der Waals surface area contributed by atoms with Crippen molar-refractivity contribution in [2.45, 2.75) is 18.7 Å². The van der Waals surface area contributed by atoms with Gasteiger partial charge in [0.25, 0.3) is 5.22 Å². The van der Waals surface area contributed by atoms with Crippen molar-refractivity contribution in [1.29, 1.82) is 0 Å². The Morgan fingerprint density at radius 1 is 1.23 bits per heavy atom. The van der Waals surface area contributed by atoms with Gasteiger partial charge in [0.05, 0.1) is 11.4 Å². The van der Waals surface area contributed by atoms with Crippen LogP contribution in [0.2, 0.25) is 5.02 Å². The number of carbonyl (C=O) groups excluding carboxylic acids is 1. The summed E-state index contributed by atoms with van der Waals surface area (Å²) in [6.07, 6.45) is 3.31. The summed E-state index contributed by atoms with van der Waals surface area (Å²) in [5.41, 5.74) is 1.80. The van der Waals surface area contributed by atoms with Gasteiger partial charge in [0.15, 0.2) is 0 Å². The lowest BCUT2D eigenvalue weighted by Crippen LogP contribution is -2.24. The molecule has 0 bridgehead atoms. The molecule has 31 heavy (non-hydrogen) atoms. The van der Waals surface area contributed by atoms with Crippen molar-refractivity contribution in [1.82, 2.24) is 25.1 Å². The first-order chi connectivity index (χ1) is 15.0. The summed E-state index contributed by atoms with van der Waals surface area (Å²) in [6.45, 7) is 2.01. The van der Waals surface area contributed by atoms with Crippen LogP contribution < -0.4 is 5.32 Å². The average Bonchev–Trinajstić information content (AvgIpc) is 3.40. The van der Waals surface area contributed by atoms with Crippen molar-refractivity contribution < 1.29 is 13.6 Å². The molecule has 0 fully saturated rings. The van der Waals surface area contributed by atoms with Gasteiger partial charge in [0.1, 0.15) is 11.6 Å². The van der Waals surface area contributed by atoms with Crippen LogP contribution in [0.25, 0.3) is 17.1 Å². The molecule has 2 aromatic carbocycles. The molecule has 1 amide bonds. The number of halogens is 2. The Morgan fingerprint density at radius 3 is 2.74 bits per heavy atom. The van der Waals surface area contributed by atoms with Crippen LogP contribution >= 0.6 is 23.4 Å². The summed E-state index contributed by atoms with van der Waals surface area (Å²) in [7, 11) is 0. The monoisotopic (exact) mass is 457 g/mol. The lowest BCUT2D eigenvalue weighted by Gasteiger charge is -2.09. The van der Waals surface area contributed by atoms with E-state index in [2.05, 4.69) is 20.5 Å². The molecule has 7 nitrogen and oxygen atoms in total. The molecular formula is C21H17ClFN5O2S. The van der Waals surface area contributed by atoms with Crippen molar-refractivity contribution in [3.05, 3.63) is 77.1 Å². The standard InChI is InChI=1S/C21H17ClFN5O2S/c1-13-24-8-9-28(13)18-7-2-14(10-17(18)23)11-25-19(29)12-31-21-27-26-20(30-21)15-3-5-16(22)6-4-15/h2-10H,11-12H2,1H3,(H,25,29). The van der Waals surface area contributed by atoms with E-state index in [-0.39, 0.29) is 29.2 Å². The number of nitrogens with one attached hydrogen (secondary N) is 1. The molecule has 158 valence electrons. The third kappa shape index (κ3) is 5.12. The van der Waals surface area contributed by atoms with Gasteiger partial charge in [0.2, 0.25) is 11.8 Å². The van der Waals surface area contributed by atoms with Crippen LogP contribution in [0.5, 0.6) is 0 Å². The fraction of sp³-hybridized carbons (Fsp3) is 0.143. The van der Waals surface area contributed by atoms with E-state index in [1.807, 2.05) is 0 Å². The molecule has 0 spiro atoms. The van der Waals surface area contributed by atoms with E-state index in [1.54, 1.807) is 60.3 Å². The van der Waals surface area contributed by atoms with Crippen LogP contribution in [0.3, 0.4) is 0 Å². The highest BCUT2D eigenvalue weighted by Gasteiger charge is 2.12. The van der Waals surface area contributed by atoms with Crippen molar-refractivity contribution in [3.63, 3.8) is 0 Å². The van der Waals surface area contributed by atoms with Crippen molar-refractivity contribution in [2.75, 3.05) is 5.75 Å². The van der Waals surface area contributed by atoms with E-state index in [0.29, 0.717) is 28.0 Å². The third-order valence-electron chi connectivity index (χ3n) is 4.41. The molecule has 4 aromatic rings. The Hall–Kier alpha value is -3.17. The number of hydrogen-bond acceptors (Lipinski definition) is 6. The van der Waals surface area contributed by atoms with E-state index < -0.39 is 0 Å². The Balaban J connectivity index is 1.29. The predicted molar refractivity (Wildman–Crippen MR) is 116 cm³/mol. The Kier molecular flexibility index (Phi) is 6.34. The first-order valence-corrected chi connectivity index (χ1v) is 10.6. The van der Waals surface area contributed by atoms with Gasteiger partial charge in [-0.2, -0.15) is 0 Å². The molecule has 0 aliphatic heterocycles. The minimum Gasteiger partial charge on any atom is -0.411 e. The molecule has 0 unspecified atom stereocenters. The van der Waals surface area contributed by atoms with E-state index in [4.69, 9.17) is 16.0 Å². The number of amides is 1. The molecule has 0 atom stereocenters. The zero-order valence-electron chi connectivity index (χ0n) is 16.4. The summed E-state index contributed by atoms with van der Waals surface area (Å²) in [5, 5.41) is 11.6. The smallest absolute Gasteiger partial charge is 0.277 e. The molecule has 0 saturated carbocycles. The molecule has 4 rings (SSSR count). The molecule has 2 heterocycles. The van der Waals surface area contributed by atoms with Crippen LogP contribution in [0.4, 0.5) is 4.39 Å². The molecule has 0 radical (unpaired) electrons. The number of nitrogens with zero attached hydrogens (tertiary/aromatic N) is 4. The maximum atomic E-state index is 14.5. The molecule has 0 aliphatic carbocycles.